The third-order valence-electron chi connectivity index (χ3n) is 1.58. The normalized spacial score (nSPS) is 12.5. The first-order chi connectivity index (χ1) is 6.00. The lowest BCUT2D eigenvalue weighted by Gasteiger charge is -2.03. The zero-order valence-electron chi connectivity index (χ0n) is 6.83. The summed E-state index contributed by atoms with van der Waals surface area (Å²) in [6.45, 7) is 1.88. The van der Waals surface area contributed by atoms with E-state index < -0.39 is 4.92 Å². The average molecular weight is 265 g/mol. The highest BCUT2D eigenvalue weighted by Crippen LogP contribution is 2.28. The summed E-state index contributed by atoms with van der Waals surface area (Å²) in [4.78, 5) is 10.1. The van der Waals surface area contributed by atoms with Crippen LogP contribution in [-0.2, 0) is 0 Å². The van der Waals surface area contributed by atoms with Gasteiger partial charge in [0.25, 0.3) is 5.69 Å². The lowest BCUT2D eigenvalue weighted by Crippen LogP contribution is -1.91. The van der Waals surface area contributed by atoms with E-state index in [1.54, 1.807) is 6.07 Å². The van der Waals surface area contributed by atoms with Crippen molar-refractivity contribution < 1.29 is 4.92 Å². The maximum absolute atomic E-state index is 10.5. The van der Waals surface area contributed by atoms with Gasteiger partial charge in [-0.15, -0.1) is 0 Å². The molecular formula is C8H7BrClNO2. The summed E-state index contributed by atoms with van der Waals surface area (Å²) in [6.07, 6.45) is 0. The van der Waals surface area contributed by atoms with Crippen LogP contribution in [0.2, 0.25) is 5.02 Å². The fourth-order valence-corrected chi connectivity index (χ4v) is 1.43. The molecule has 0 aromatic heterocycles. The van der Waals surface area contributed by atoms with E-state index in [-0.39, 0.29) is 10.5 Å². The molecule has 0 fully saturated rings. The van der Waals surface area contributed by atoms with Crippen LogP contribution in [0.1, 0.15) is 17.3 Å². The quantitative estimate of drug-likeness (QED) is 0.464. The third-order valence-corrected chi connectivity index (χ3v) is 2.32. The Labute approximate surface area is 89.0 Å². The first kappa shape index (κ1) is 10.5. The van der Waals surface area contributed by atoms with E-state index in [0.717, 1.165) is 5.56 Å². The molecule has 0 spiro atoms. The third kappa shape index (κ3) is 2.67. The minimum atomic E-state index is -0.454. The molecule has 0 radical (unpaired) electrons. The highest BCUT2D eigenvalue weighted by Gasteiger charge is 2.11. The van der Waals surface area contributed by atoms with Gasteiger partial charge in [-0.25, -0.2) is 0 Å². The van der Waals surface area contributed by atoms with E-state index in [9.17, 15) is 10.1 Å². The number of benzene rings is 1. The Hall–Kier alpha value is -0.610. The first-order valence-electron chi connectivity index (χ1n) is 3.59. The molecule has 3 nitrogen and oxygen atoms in total. The Bertz CT molecular complexity index is 341. The SMILES string of the molecule is CC(Br)c1cc(Cl)cc([N+](=O)[O-])c1. The molecule has 1 atom stereocenters. The number of hydrogen-bond donors (Lipinski definition) is 0. The van der Waals surface area contributed by atoms with Gasteiger partial charge >= 0.3 is 0 Å². The molecule has 0 heterocycles. The Balaban J connectivity index is 3.19. The molecule has 0 aliphatic rings. The van der Waals surface area contributed by atoms with Crippen LogP contribution in [0.15, 0.2) is 18.2 Å². The van der Waals surface area contributed by atoms with Crippen molar-refractivity contribution in [1.29, 1.82) is 0 Å². The molecule has 0 amide bonds. The highest BCUT2D eigenvalue weighted by molar-refractivity contribution is 9.09. The van der Waals surface area contributed by atoms with Gasteiger partial charge in [-0.05, 0) is 18.6 Å². The second-order valence-electron chi connectivity index (χ2n) is 2.62. The smallest absolute Gasteiger partial charge is 0.258 e. The Morgan fingerprint density at radius 3 is 2.62 bits per heavy atom. The second-order valence-corrected chi connectivity index (χ2v) is 4.43. The average Bonchev–Trinajstić information content (AvgIpc) is 2.03. The molecule has 0 bridgehead atoms. The van der Waals surface area contributed by atoms with E-state index >= 15 is 0 Å². The molecule has 0 saturated heterocycles. The topological polar surface area (TPSA) is 43.1 Å². The molecule has 13 heavy (non-hydrogen) atoms. The van der Waals surface area contributed by atoms with Gasteiger partial charge in [0, 0.05) is 22.0 Å². The molecule has 0 N–H and O–H groups in total. The van der Waals surface area contributed by atoms with Gasteiger partial charge in [-0.3, -0.25) is 10.1 Å². The molecule has 5 heteroatoms. The lowest BCUT2D eigenvalue weighted by atomic mass is 10.1. The van der Waals surface area contributed by atoms with E-state index in [0.29, 0.717) is 5.02 Å². The summed E-state index contributed by atoms with van der Waals surface area (Å²) in [5, 5.41) is 10.8. The summed E-state index contributed by atoms with van der Waals surface area (Å²) in [5.41, 5.74) is 0.827. The van der Waals surface area contributed by atoms with Gasteiger partial charge in [0.2, 0.25) is 0 Å². The summed E-state index contributed by atoms with van der Waals surface area (Å²) in [6, 6.07) is 4.54. The van der Waals surface area contributed by atoms with E-state index in [1.165, 1.54) is 12.1 Å². The molecule has 1 aromatic carbocycles. The fourth-order valence-electron chi connectivity index (χ4n) is 0.931. The summed E-state index contributed by atoms with van der Waals surface area (Å²) >= 11 is 9.03. The molecule has 70 valence electrons. The number of halogens is 2. The van der Waals surface area contributed by atoms with Crippen LogP contribution in [0.5, 0.6) is 0 Å². The number of nitro benzene ring substituents is 1. The molecule has 0 saturated carbocycles. The Morgan fingerprint density at radius 2 is 2.15 bits per heavy atom. The van der Waals surface area contributed by atoms with Crippen molar-refractivity contribution in [2.24, 2.45) is 0 Å². The zero-order chi connectivity index (χ0) is 10.0. The molecular weight excluding hydrogens is 257 g/mol. The molecule has 0 aliphatic heterocycles. The molecule has 1 aromatic rings. The minimum Gasteiger partial charge on any atom is -0.258 e. The van der Waals surface area contributed by atoms with Crippen LogP contribution in [0, 0.1) is 10.1 Å². The number of rotatable bonds is 2. The highest BCUT2D eigenvalue weighted by atomic mass is 79.9. The Morgan fingerprint density at radius 1 is 1.54 bits per heavy atom. The predicted molar refractivity (Wildman–Crippen MR) is 55.4 cm³/mol. The number of non-ortho nitro benzene ring substituents is 1. The van der Waals surface area contributed by atoms with Gasteiger partial charge in [-0.1, -0.05) is 27.5 Å². The lowest BCUT2D eigenvalue weighted by molar-refractivity contribution is -0.384. The van der Waals surface area contributed by atoms with Gasteiger partial charge in [-0.2, -0.15) is 0 Å². The predicted octanol–water partition coefficient (Wildman–Crippen LogP) is 3.70. The maximum Gasteiger partial charge on any atom is 0.271 e. The number of nitro groups is 1. The summed E-state index contributed by atoms with van der Waals surface area (Å²) < 4.78 is 0. The largest absolute Gasteiger partial charge is 0.271 e. The fraction of sp³-hybridized carbons (Fsp3) is 0.250. The molecule has 1 unspecified atom stereocenters. The van der Waals surface area contributed by atoms with Gasteiger partial charge in [0.15, 0.2) is 0 Å². The van der Waals surface area contributed by atoms with Crippen LogP contribution in [0.3, 0.4) is 0 Å². The summed E-state index contributed by atoms with van der Waals surface area (Å²) in [7, 11) is 0. The van der Waals surface area contributed by atoms with E-state index in [4.69, 9.17) is 11.6 Å². The van der Waals surface area contributed by atoms with Gasteiger partial charge in [0.05, 0.1) is 4.92 Å². The zero-order valence-corrected chi connectivity index (χ0v) is 9.17. The van der Waals surface area contributed by atoms with Gasteiger partial charge < -0.3 is 0 Å². The van der Waals surface area contributed by atoms with Crippen molar-refractivity contribution in [3.63, 3.8) is 0 Å². The molecule has 0 aliphatic carbocycles. The number of nitrogens with zero attached hydrogens (tertiary/aromatic N) is 1. The molecule has 1 rings (SSSR count). The number of hydrogen-bond acceptors (Lipinski definition) is 2. The first-order valence-corrected chi connectivity index (χ1v) is 4.89. The van der Waals surface area contributed by atoms with Crippen LogP contribution >= 0.6 is 27.5 Å². The minimum absolute atomic E-state index is 0.0220. The van der Waals surface area contributed by atoms with Crippen molar-refractivity contribution in [3.05, 3.63) is 38.9 Å². The van der Waals surface area contributed by atoms with Crippen molar-refractivity contribution in [2.45, 2.75) is 11.8 Å². The monoisotopic (exact) mass is 263 g/mol. The van der Waals surface area contributed by atoms with Gasteiger partial charge in [0.1, 0.15) is 0 Å². The van der Waals surface area contributed by atoms with Crippen LogP contribution in [-0.4, -0.2) is 4.92 Å². The standard InChI is InChI=1S/C8H7BrClNO2/c1-5(9)6-2-7(10)4-8(3-6)11(12)13/h2-5H,1H3. The van der Waals surface area contributed by atoms with Crippen molar-refractivity contribution >= 4 is 33.2 Å². The number of alkyl halides is 1. The van der Waals surface area contributed by atoms with Crippen molar-refractivity contribution in [2.75, 3.05) is 0 Å². The van der Waals surface area contributed by atoms with Crippen molar-refractivity contribution in [1.82, 2.24) is 0 Å². The van der Waals surface area contributed by atoms with Crippen LogP contribution in [0.25, 0.3) is 0 Å². The van der Waals surface area contributed by atoms with E-state index in [1.807, 2.05) is 6.92 Å². The second kappa shape index (κ2) is 4.07. The van der Waals surface area contributed by atoms with E-state index in [2.05, 4.69) is 15.9 Å². The van der Waals surface area contributed by atoms with Crippen molar-refractivity contribution in [3.8, 4) is 0 Å². The van der Waals surface area contributed by atoms with Crippen LogP contribution < -0.4 is 0 Å². The maximum atomic E-state index is 10.5. The Kier molecular flexibility index (Phi) is 3.27. The van der Waals surface area contributed by atoms with Crippen LogP contribution in [0.4, 0.5) is 5.69 Å². The summed E-state index contributed by atoms with van der Waals surface area (Å²) in [5.74, 6) is 0.